The molecule has 0 bridgehead atoms. The molecule has 0 aliphatic rings. The van der Waals surface area contributed by atoms with Crippen LogP contribution in [0.5, 0.6) is 0 Å². The van der Waals surface area contributed by atoms with Crippen molar-refractivity contribution < 1.29 is 0 Å². The third kappa shape index (κ3) is 2.76. The van der Waals surface area contributed by atoms with Crippen LogP contribution in [0.3, 0.4) is 0 Å². The summed E-state index contributed by atoms with van der Waals surface area (Å²) in [6.07, 6.45) is 0. The SMILES string of the molecule is Cc1cccc(NCc2ccc3ccccc3c2)c1. The lowest BCUT2D eigenvalue weighted by Gasteiger charge is -2.08. The molecule has 0 heterocycles. The largest absolute Gasteiger partial charge is 0.381 e. The van der Waals surface area contributed by atoms with Crippen LogP contribution in [0.2, 0.25) is 0 Å². The molecule has 0 atom stereocenters. The minimum Gasteiger partial charge on any atom is -0.381 e. The van der Waals surface area contributed by atoms with Gasteiger partial charge in [0.05, 0.1) is 0 Å². The van der Waals surface area contributed by atoms with Crippen molar-refractivity contribution in [3.63, 3.8) is 0 Å². The van der Waals surface area contributed by atoms with Gasteiger partial charge < -0.3 is 5.32 Å². The fourth-order valence-corrected chi connectivity index (χ4v) is 2.31. The van der Waals surface area contributed by atoms with Gasteiger partial charge in [0.2, 0.25) is 0 Å². The molecule has 0 saturated carbocycles. The highest BCUT2D eigenvalue weighted by atomic mass is 14.9. The van der Waals surface area contributed by atoms with E-state index in [0.717, 1.165) is 6.54 Å². The lowest BCUT2D eigenvalue weighted by atomic mass is 10.1. The average molecular weight is 247 g/mol. The minimum atomic E-state index is 0.855. The van der Waals surface area contributed by atoms with Crippen LogP contribution < -0.4 is 5.32 Å². The lowest BCUT2D eigenvalue weighted by Crippen LogP contribution is -1.99. The quantitative estimate of drug-likeness (QED) is 0.703. The standard InChI is InChI=1S/C18H17N/c1-14-5-4-8-18(11-14)19-13-15-9-10-16-6-2-3-7-17(16)12-15/h2-12,19H,13H2,1H3. The fraction of sp³-hybridized carbons (Fsp3) is 0.111. The van der Waals surface area contributed by atoms with Crippen LogP contribution in [-0.2, 0) is 6.54 Å². The maximum absolute atomic E-state index is 3.47. The predicted molar refractivity (Wildman–Crippen MR) is 82.5 cm³/mol. The second kappa shape index (κ2) is 5.15. The first-order valence-corrected chi connectivity index (χ1v) is 6.59. The topological polar surface area (TPSA) is 12.0 Å². The summed E-state index contributed by atoms with van der Waals surface area (Å²) < 4.78 is 0. The Balaban J connectivity index is 1.78. The highest BCUT2D eigenvalue weighted by molar-refractivity contribution is 5.83. The Morgan fingerprint density at radius 3 is 2.47 bits per heavy atom. The molecule has 0 radical (unpaired) electrons. The van der Waals surface area contributed by atoms with Crippen LogP contribution >= 0.6 is 0 Å². The predicted octanol–water partition coefficient (Wildman–Crippen LogP) is 4.76. The Kier molecular flexibility index (Phi) is 3.20. The van der Waals surface area contributed by atoms with Crippen molar-refractivity contribution in [3.05, 3.63) is 77.9 Å². The van der Waals surface area contributed by atoms with E-state index in [0.29, 0.717) is 0 Å². The first kappa shape index (κ1) is 11.8. The van der Waals surface area contributed by atoms with E-state index < -0.39 is 0 Å². The van der Waals surface area contributed by atoms with Crippen LogP contribution in [0, 0.1) is 6.92 Å². The highest BCUT2D eigenvalue weighted by Crippen LogP contribution is 2.17. The molecule has 3 rings (SSSR count). The summed E-state index contributed by atoms with van der Waals surface area (Å²) in [6, 6.07) is 23.5. The number of fused-ring (bicyclic) bond motifs is 1. The second-order valence-corrected chi connectivity index (χ2v) is 4.90. The zero-order chi connectivity index (χ0) is 13.1. The Morgan fingerprint density at radius 1 is 0.789 bits per heavy atom. The van der Waals surface area contributed by atoms with Crippen molar-refractivity contribution in [2.45, 2.75) is 13.5 Å². The normalized spacial score (nSPS) is 10.6. The first-order chi connectivity index (χ1) is 9.31. The molecule has 0 saturated heterocycles. The van der Waals surface area contributed by atoms with E-state index in [9.17, 15) is 0 Å². The molecule has 0 aliphatic carbocycles. The van der Waals surface area contributed by atoms with Gasteiger partial charge in [0, 0.05) is 12.2 Å². The van der Waals surface area contributed by atoms with Gasteiger partial charge in [0.25, 0.3) is 0 Å². The van der Waals surface area contributed by atoms with Crippen LogP contribution in [0.25, 0.3) is 10.8 Å². The maximum Gasteiger partial charge on any atom is 0.0401 e. The number of hydrogen-bond donors (Lipinski definition) is 1. The van der Waals surface area contributed by atoms with Crippen molar-refractivity contribution >= 4 is 16.5 Å². The second-order valence-electron chi connectivity index (χ2n) is 4.90. The Bertz CT molecular complexity index is 701. The molecule has 0 unspecified atom stereocenters. The summed E-state index contributed by atoms with van der Waals surface area (Å²) >= 11 is 0. The minimum absolute atomic E-state index is 0.855. The summed E-state index contributed by atoms with van der Waals surface area (Å²) in [7, 11) is 0. The smallest absolute Gasteiger partial charge is 0.0401 e. The van der Waals surface area contributed by atoms with Crippen molar-refractivity contribution in [3.8, 4) is 0 Å². The molecule has 1 N–H and O–H groups in total. The third-order valence-corrected chi connectivity index (χ3v) is 3.33. The number of benzene rings is 3. The molecule has 1 nitrogen and oxygen atoms in total. The van der Waals surface area contributed by atoms with E-state index >= 15 is 0 Å². The van der Waals surface area contributed by atoms with Crippen molar-refractivity contribution in [1.29, 1.82) is 0 Å². The van der Waals surface area contributed by atoms with Gasteiger partial charge in [-0.3, -0.25) is 0 Å². The van der Waals surface area contributed by atoms with Gasteiger partial charge in [0.15, 0.2) is 0 Å². The Labute approximate surface area is 113 Å². The molecule has 0 aromatic heterocycles. The molecule has 1 heteroatoms. The van der Waals surface area contributed by atoms with Gasteiger partial charge in [-0.1, -0.05) is 48.5 Å². The number of nitrogens with one attached hydrogen (secondary N) is 1. The molecular weight excluding hydrogens is 230 g/mol. The Morgan fingerprint density at radius 2 is 1.63 bits per heavy atom. The van der Waals surface area contributed by atoms with E-state index in [2.05, 4.69) is 79.0 Å². The van der Waals surface area contributed by atoms with Gasteiger partial charge in [-0.15, -0.1) is 0 Å². The lowest BCUT2D eigenvalue weighted by molar-refractivity contribution is 1.15. The van der Waals surface area contributed by atoms with Gasteiger partial charge in [-0.05, 0) is 47.0 Å². The molecule has 0 fully saturated rings. The van der Waals surface area contributed by atoms with E-state index in [-0.39, 0.29) is 0 Å². The summed E-state index contributed by atoms with van der Waals surface area (Å²) in [5.74, 6) is 0. The summed E-state index contributed by atoms with van der Waals surface area (Å²) in [5.41, 5.74) is 3.76. The maximum atomic E-state index is 3.47. The van der Waals surface area contributed by atoms with E-state index in [1.807, 2.05) is 0 Å². The number of aryl methyl sites for hydroxylation is 1. The fourth-order valence-electron chi connectivity index (χ4n) is 2.31. The van der Waals surface area contributed by atoms with Gasteiger partial charge in [0.1, 0.15) is 0 Å². The molecule has 3 aromatic rings. The van der Waals surface area contributed by atoms with Gasteiger partial charge in [-0.25, -0.2) is 0 Å². The van der Waals surface area contributed by atoms with Crippen molar-refractivity contribution in [1.82, 2.24) is 0 Å². The van der Waals surface area contributed by atoms with Gasteiger partial charge >= 0.3 is 0 Å². The van der Waals surface area contributed by atoms with Crippen LogP contribution in [0.1, 0.15) is 11.1 Å². The molecule has 3 aromatic carbocycles. The molecule has 0 spiro atoms. The number of hydrogen-bond acceptors (Lipinski definition) is 1. The van der Waals surface area contributed by atoms with Crippen LogP contribution in [-0.4, -0.2) is 0 Å². The molecular formula is C18H17N. The molecule has 0 amide bonds. The van der Waals surface area contributed by atoms with E-state index in [1.165, 1.54) is 27.6 Å². The third-order valence-electron chi connectivity index (χ3n) is 3.33. The molecule has 19 heavy (non-hydrogen) atoms. The van der Waals surface area contributed by atoms with Crippen LogP contribution in [0.15, 0.2) is 66.7 Å². The van der Waals surface area contributed by atoms with Crippen LogP contribution in [0.4, 0.5) is 5.69 Å². The summed E-state index contributed by atoms with van der Waals surface area (Å²) in [5, 5.41) is 6.06. The Hall–Kier alpha value is -2.28. The van der Waals surface area contributed by atoms with Gasteiger partial charge in [-0.2, -0.15) is 0 Å². The summed E-state index contributed by atoms with van der Waals surface area (Å²) in [6.45, 7) is 2.97. The monoisotopic (exact) mass is 247 g/mol. The van der Waals surface area contributed by atoms with Crippen molar-refractivity contribution in [2.75, 3.05) is 5.32 Å². The zero-order valence-corrected chi connectivity index (χ0v) is 11.1. The highest BCUT2D eigenvalue weighted by Gasteiger charge is 1.97. The first-order valence-electron chi connectivity index (χ1n) is 6.59. The van der Waals surface area contributed by atoms with Crippen molar-refractivity contribution in [2.24, 2.45) is 0 Å². The zero-order valence-electron chi connectivity index (χ0n) is 11.1. The molecule has 0 aliphatic heterocycles. The average Bonchev–Trinajstić information content (AvgIpc) is 2.45. The number of rotatable bonds is 3. The van der Waals surface area contributed by atoms with E-state index in [1.54, 1.807) is 0 Å². The number of anilines is 1. The summed E-state index contributed by atoms with van der Waals surface area (Å²) in [4.78, 5) is 0. The van der Waals surface area contributed by atoms with E-state index in [4.69, 9.17) is 0 Å². The molecule has 94 valence electrons.